The predicted molar refractivity (Wildman–Crippen MR) is 64.7 cm³/mol. The van der Waals surface area contributed by atoms with E-state index in [2.05, 4.69) is 10.3 Å². The smallest absolute Gasteiger partial charge is 0.235 e. The van der Waals surface area contributed by atoms with E-state index in [0.29, 0.717) is 29.4 Å². The largest absolute Gasteiger partial charge is 0.481 e. The fraction of sp³-hybridized carbons (Fsp3) is 0.583. The second-order valence-corrected chi connectivity index (χ2v) is 5.06. The fourth-order valence-corrected chi connectivity index (χ4v) is 2.53. The molecule has 1 saturated carbocycles. The predicted octanol–water partition coefficient (Wildman–Crippen LogP) is 1.87. The Kier molecular flexibility index (Phi) is 2.84. The topological polar surface area (TPSA) is 43.4 Å². The summed E-state index contributed by atoms with van der Waals surface area (Å²) in [6, 6.07) is 4.63. The van der Waals surface area contributed by atoms with Crippen molar-refractivity contribution in [2.24, 2.45) is 5.92 Å². The number of methoxy groups -OCH3 is 1. The molecule has 1 aromatic heterocycles. The van der Waals surface area contributed by atoms with Crippen molar-refractivity contribution in [3.63, 3.8) is 0 Å². The van der Waals surface area contributed by atoms with E-state index >= 15 is 0 Å². The summed E-state index contributed by atoms with van der Waals surface area (Å²) in [5.74, 6) is 1.84. The summed E-state index contributed by atoms with van der Waals surface area (Å²) in [6.07, 6.45) is 2.53. The van der Waals surface area contributed by atoms with Crippen LogP contribution >= 0.6 is 11.6 Å². The van der Waals surface area contributed by atoms with Crippen LogP contribution in [0, 0.1) is 5.92 Å². The molecule has 92 valence electrons. The lowest BCUT2D eigenvalue weighted by molar-refractivity contribution is 0.255. The summed E-state index contributed by atoms with van der Waals surface area (Å²) in [5.41, 5.74) is 0. The summed E-state index contributed by atoms with van der Waals surface area (Å²) in [5, 5.41) is 4.04. The van der Waals surface area contributed by atoms with Gasteiger partial charge in [0.25, 0.3) is 0 Å². The van der Waals surface area contributed by atoms with E-state index in [-0.39, 0.29) is 0 Å². The number of aromatic nitrogens is 1. The van der Waals surface area contributed by atoms with Crippen LogP contribution in [0.5, 0.6) is 11.8 Å². The lowest BCUT2D eigenvalue weighted by Crippen LogP contribution is -2.31. The number of nitrogens with one attached hydrogen (secondary N) is 1. The fourth-order valence-electron chi connectivity index (χ4n) is 2.37. The Morgan fingerprint density at radius 1 is 1.47 bits per heavy atom. The second-order valence-electron chi connectivity index (χ2n) is 4.65. The third-order valence-electron chi connectivity index (χ3n) is 3.38. The van der Waals surface area contributed by atoms with Crippen LogP contribution in [0.4, 0.5) is 0 Å². The van der Waals surface area contributed by atoms with E-state index in [1.165, 1.54) is 12.8 Å². The molecular formula is C12H15ClN2O2. The molecule has 1 aliphatic carbocycles. The van der Waals surface area contributed by atoms with Crippen LogP contribution in [0.3, 0.4) is 0 Å². The highest BCUT2D eigenvalue weighted by Crippen LogP contribution is 2.40. The Morgan fingerprint density at radius 3 is 3.06 bits per heavy atom. The Morgan fingerprint density at radius 2 is 2.35 bits per heavy atom. The average molecular weight is 255 g/mol. The van der Waals surface area contributed by atoms with Gasteiger partial charge in [-0.05, 0) is 24.8 Å². The number of ether oxygens (including phenoxy) is 2. The first kappa shape index (κ1) is 11.1. The van der Waals surface area contributed by atoms with E-state index in [4.69, 9.17) is 21.1 Å². The zero-order valence-electron chi connectivity index (χ0n) is 9.65. The Balaban J connectivity index is 1.60. The molecule has 1 saturated heterocycles. The van der Waals surface area contributed by atoms with Crippen LogP contribution in [0.25, 0.3) is 0 Å². The van der Waals surface area contributed by atoms with E-state index < -0.39 is 0 Å². The number of hydrogen-bond donors (Lipinski definition) is 1. The highest BCUT2D eigenvalue weighted by molar-refractivity contribution is 6.31. The molecule has 2 fully saturated rings. The molecule has 0 bridgehead atoms. The van der Waals surface area contributed by atoms with Crippen LogP contribution in [0.15, 0.2) is 12.1 Å². The van der Waals surface area contributed by atoms with E-state index in [0.717, 1.165) is 12.0 Å². The van der Waals surface area contributed by atoms with Gasteiger partial charge in [-0.2, -0.15) is 4.98 Å². The summed E-state index contributed by atoms with van der Waals surface area (Å²) in [4.78, 5) is 4.18. The first-order valence-electron chi connectivity index (χ1n) is 5.85. The molecule has 5 heteroatoms. The number of rotatable bonds is 4. The number of halogens is 1. The molecule has 17 heavy (non-hydrogen) atoms. The number of pyridine rings is 1. The molecular weight excluding hydrogens is 240 g/mol. The minimum absolute atomic E-state index is 0.433. The van der Waals surface area contributed by atoms with E-state index in [9.17, 15) is 0 Å². The monoisotopic (exact) mass is 254 g/mol. The summed E-state index contributed by atoms with van der Waals surface area (Å²) < 4.78 is 10.7. The minimum atomic E-state index is 0.433. The normalized spacial score (nSPS) is 29.9. The van der Waals surface area contributed by atoms with Gasteiger partial charge in [0, 0.05) is 18.2 Å². The quantitative estimate of drug-likeness (QED) is 0.891. The molecule has 0 spiro atoms. The van der Waals surface area contributed by atoms with Crippen molar-refractivity contribution in [3.8, 4) is 11.8 Å². The molecule has 1 aromatic rings. The van der Waals surface area contributed by atoms with Crippen molar-refractivity contribution in [2.75, 3.05) is 13.7 Å². The lowest BCUT2D eigenvalue weighted by Gasteiger charge is -2.14. The van der Waals surface area contributed by atoms with Gasteiger partial charge in [-0.1, -0.05) is 11.6 Å². The maximum Gasteiger partial charge on any atom is 0.235 e. The van der Waals surface area contributed by atoms with Gasteiger partial charge in [0.05, 0.1) is 7.11 Å². The molecule has 3 atom stereocenters. The third-order valence-corrected chi connectivity index (χ3v) is 3.67. The summed E-state index contributed by atoms with van der Waals surface area (Å²) in [6.45, 7) is 0.618. The average Bonchev–Trinajstić information content (AvgIpc) is 2.96. The molecule has 2 aliphatic rings. The highest BCUT2D eigenvalue weighted by Gasteiger charge is 2.45. The van der Waals surface area contributed by atoms with Crippen LogP contribution < -0.4 is 14.8 Å². The lowest BCUT2D eigenvalue weighted by atomic mass is 10.2. The van der Waals surface area contributed by atoms with Crippen molar-refractivity contribution in [1.29, 1.82) is 0 Å². The van der Waals surface area contributed by atoms with Gasteiger partial charge in [0.15, 0.2) is 0 Å². The number of hydrogen-bond acceptors (Lipinski definition) is 4. The number of piperidine rings is 1. The van der Waals surface area contributed by atoms with Crippen LogP contribution in [0.2, 0.25) is 5.02 Å². The molecule has 3 rings (SSSR count). The zero-order valence-corrected chi connectivity index (χ0v) is 10.4. The van der Waals surface area contributed by atoms with Crippen LogP contribution in [-0.2, 0) is 0 Å². The minimum Gasteiger partial charge on any atom is -0.481 e. The van der Waals surface area contributed by atoms with Crippen LogP contribution in [0.1, 0.15) is 12.8 Å². The van der Waals surface area contributed by atoms with Gasteiger partial charge < -0.3 is 14.8 Å². The van der Waals surface area contributed by atoms with Crippen molar-refractivity contribution in [3.05, 3.63) is 17.2 Å². The molecule has 1 aliphatic heterocycles. The van der Waals surface area contributed by atoms with Gasteiger partial charge >= 0.3 is 0 Å². The molecule has 4 nitrogen and oxygen atoms in total. The van der Waals surface area contributed by atoms with Crippen molar-refractivity contribution in [2.45, 2.75) is 24.9 Å². The van der Waals surface area contributed by atoms with Crippen LogP contribution in [-0.4, -0.2) is 30.8 Å². The number of nitrogens with zero attached hydrogens (tertiary/aromatic N) is 1. The van der Waals surface area contributed by atoms with E-state index in [1.54, 1.807) is 19.2 Å². The summed E-state index contributed by atoms with van der Waals surface area (Å²) in [7, 11) is 1.58. The third kappa shape index (κ3) is 2.33. The number of fused-ring (bicyclic) bond motifs is 1. The van der Waals surface area contributed by atoms with Gasteiger partial charge in [-0.25, -0.2) is 0 Å². The highest BCUT2D eigenvalue weighted by atomic mass is 35.5. The Labute approximate surface area is 105 Å². The zero-order chi connectivity index (χ0) is 11.8. The SMILES string of the molecule is COc1ccc(Cl)c(OCC2CC3CC3N2)n1. The van der Waals surface area contributed by atoms with E-state index in [1.807, 2.05) is 0 Å². The maximum atomic E-state index is 6.01. The molecule has 0 amide bonds. The Bertz CT molecular complexity index is 417. The van der Waals surface area contributed by atoms with Gasteiger partial charge in [-0.15, -0.1) is 0 Å². The molecule has 3 unspecified atom stereocenters. The van der Waals surface area contributed by atoms with Crippen molar-refractivity contribution < 1.29 is 9.47 Å². The van der Waals surface area contributed by atoms with Gasteiger partial charge in [0.2, 0.25) is 11.8 Å². The van der Waals surface area contributed by atoms with Crippen molar-refractivity contribution in [1.82, 2.24) is 10.3 Å². The van der Waals surface area contributed by atoms with Gasteiger partial charge in [0.1, 0.15) is 11.6 Å². The summed E-state index contributed by atoms with van der Waals surface area (Å²) >= 11 is 6.01. The molecule has 2 heterocycles. The van der Waals surface area contributed by atoms with Gasteiger partial charge in [-0.3, -0.25) is 0 Å². The first-order valence-corrected chi connectivity index (χ1v) is 6.23. The molecule has 0 radical (unpaired) electrons. The Hall–Kier alpha value is -1.00. The standard InChI is InChI=1S/C12H15ClN2O2/c1-16-11-3-2-9(13)12(15-11)17-6-8-4-7-5-10(7)14-8/h2-3,7-8,10,14H,4-6H2,1H3. The first-order chi connectivity index (χ1) is 8.26. The molecule has 1 N–H and O–H groups in total. The second kappa shape index (κ2) is 4.35. The van der Waals surface area contributed by atoms with Crippen molar-refractivity contribution >= 4 is 11.6 Å². The maximum absolute atomic E-state index is 6.01. The molecule has 0 aromatic carbocycles.